The molecule has 0 radical (unpaired) electrons. The van der Waals surface area contributed by atoms with Crippen LogP contribution in [0.2, 0.25) is 0 Å². The first kappa shape index (κ1) is 17.3. The standard InChI is InChI=1S/C19H32N2O/c1-16-14-17(2)18(3)19(15-16)22-13-7-5-4-6-10-21-11-8-20-9-12-21/h14-15,20H,4-13H2,1-3H3/p+2. The molecule has 2 rings (SSSR count). The lowest BCUT2D eigenvalue weighted by Crippen LogP contribution is -3.20. The zero-order valence-electron chi connectivity index (χ0n) is 14.7. The lowest BCUT2D eigenvalue weighted by molar-refractivity contribution is -0.946. The molecule has 0 saturated carbocycles. The third-order valence-electron chi connectivity index (χ3n) is 4.85. The molecule has 0 atom stereocenters. The lowest BCUT2D eigenvalue weighted by Gasteiger charge is -2.21. The van der Waals surface area contributed by atoms with Crippen LogP contribution >= 0.6 is 0 Å². The van der Waals surface area contributed by atoms with Gasteiger partial charge < -0.3 is 15.0 Å². The van der Waals surface area contributed by atoms with Crippen molar-refractivity contribution in [1.29, 1.82) is 0 Å². The normalized spacial score (nSPS) is 16.0. The Balaban J connectivity index is 1.56. The van der Waals surface area contributed by atoms with Crippen molar-refractivity contribution in [2.45, 2.75) is 46.5 Å². The first-order valence-corrected chi connectivity index (χ1v) is 9.02. The molecule has 0 aliphatic carbocycles. The van der Waals surface area contributed by atoms with Crippen LogP contribution in [-0.2, 0) is 0 Å². The fraction of sp³-hybridized carbons (Fsp3) is 0.684. The Morgan fingerprint density at radius 1 is 1.00 bits per heavy atom. The largest absolute Gasteiger partial charge is 0.493 e. The van der Waals surface area contributed by atoms with Crippen LogP contribution < -0.4 is 15.0 Å². The summed E-state index contributed by atoms with van der Waals surface area (Å²) in [5, 5.41) is 2.44. The number of nitrogens with two attached hydrogens (primary N) is 1. The van der Waals surface area contributed by atoms with Gasteiger partial charge in [0.25, 0.3) is 0 Å². The van der Waals surface area contributed by atoms with E-state index in [9.17, 15) is 0 Å². The second-order valence-corrected chi connectivity index (χ2v) is 6.83. The Bertz CT molecular complexity index is 453. The van der Waals surface area contributed by atoms with Gasteiger partial charge in [0.1, 0.15) is 31.9 Å². The molecule has 1 aromatic rings. The van der Waals surface area contributed by atoms with Gasteiger partial charge in [0, 0.05) is 0 Å². The molecule has 0 bridgehead atoms. The summed E-state index contributed by atoms with van der Waals surface area (Å²) in [5.74, 6) is 1.08. The van der Waals surface area contributed by atoms with Gasteiger partial charge in [-0.2, -0.15) is 0 Å². The molecule has 1 aromatic carbocycles. The molecular weight excluding hydrogens is 272 g/mol. The van der Waals surface area contributed by atoms with Crippen LogP contribution in [0.3, 0.4) is 0 Å². The van der Waals surface area contributed by atoms with Gasteiger partial charge in [-0.15, -0.1) is 0 Å². The van der Waals surface area contributed by atoms with E-state index in [2.05, 4.69) is 38.2 Å². The van der Waals surface area contributed by atoms with Crippen molar-refractivity contribution in [2.75, 3.05) is 39.3 Å². The molecule has 0 amide bonds. The van der Waals surface area contributed by atoms with Crippen LogP contribution in [0, 0.1) is 20.8 Å². The smallest absolute Gasteiger partial charge is 0.127 e. The number of quaternary nitrogens is 2. The molecule has 3 heteroatoms. The Labute approximate surface area is 136 Å². The molecule has 3 nitrogen and oxygen atoms in total. The number of benzene rings is 1. The van der Waals surface area contributed by atoms with Crippen LogP contribution in [0.1, 0.15) is 42.4 Å². The molecule has 1 heterocycles. The maximum absolute atomic E-state index is 5.99. The van der Waals surface area contributed by atoms with Gasteiger partial charge in [-0.1, -0.05) is 6.07 Å². The fourth-order valence-electron chi connectivity index (χ4n) is 3.30. The molecule has 1 aliphatic heterocycles. The summed E-state index contributed by atoms with van der Waals surface area (Å²) >= 11 is 0. The maximum atomic E-state index is 5.99. The van der Waals surface area contributed by atoms with Crippen molar-refractivity contribution < 1.29 is 15.0 Å². The highest BCUT2D eigenvalue weighted by Gasteiger charge is 2.14. The molecule has 22 heavy (non-hydrogen) atoms. The summed E-state index contributed by atoms with van der Waals surface area (Å²) < 4.78 is 5.99. The van der Waals surface area contributed by atoms with E-state index < -0.39 is 0 Å². The first-order valence-electron chi connectivity index (χ1n) is 9.02. The first-order chi connectivity index (χ1) is 10.7. The van der Waals surface area contributed by atoms with Crippen LogP contribution in [0.25, 0.3) is 0 Å². The molecule has 3 N–H and O–H groups in total. The number of unbranched alkanes of at least 4 members (excludes halogenated alkanes) is 3. The molecule has 1 aliphatic rings. The second-order valence-electron chi connectivity index (χ2n) is 6.83. The van der Waals surface area contributed by atoms with Crippen LogP contribution in [0.5, 0.6) is 5.75 Å². The minimum Gasteiger partial charge on any atom is -0.493 e. The quantitative estimate of drug-likeness (QED) is 0.690. The van der Waals surface area contributed by atoms with Crippen LogP contribution in [-0.4, -0.2) is 39.3 Å². The Hall–Kier alpha value is -1.06. The van der Waals surface area contributed by atoms with E-state index in [1.165, 1.54) is 75.1 Å². The summed E-state index contributed by atoms with van der Waals surface area (Å²) in [6, 6.07) is 4.39. The van der Waals surface area contributed by atoms with E-state index in [-0.39, 0.29) is 0 Å². The SMILES string of the molecule is Cc1cc(C)c(C)c(OCCCCCC[NH+]2CC[NH2+]CC2)c1. The molecule has 1 saturated heterocycles. The Kier molecular flexibility index (Phi) is 7.20. The third kappa shape index (κ3) is 5.62. The molecule has 124 valence electrons. The average Bonchev–Trinajstić information content (AvgIpc) is 2.52. The summed E-state index contributed by atoms with van der Waals surface area (Å²) in [4.78, 5) is 1.81. The third-order valence-corrected chi connectivity index (χ3v) is 4.85. The number of aryl methyl sites for hydroxylation is 2. The molecular formula is C19H34N2O+2. The van der Waals surface area contributed by atoms with Gasteiger partial charge in [-0.05, 0) is 69.2 Å². The van der Waals surface area contributed by atoms with Crippen LogP contribution in [0.4, 0.5) is 0 Å². The van der Waals surface area contributed by atoms with E-state index in [1.807, 2.05) is 4.90 Å². The van der Waals surface area contributed by atoms with Gasteiger partial charge in [0.15, 0.2) is 0 Å². The average molecular weight is 306 g/mol. The minimum absolute atomic E-state index is 0.856. The summed E-state index contributed by atoms with van der Waals surface area (Å²) in [6.07, 6.45) is 5.19. The minimum atomic E-state index is 0.856. The van der Waals surface area contributed by atoms with Crippen molar-refractivity contribution in [1.82, 2.24) is 0 Å². The Morgan fingerprint density at radius 3 is 2.50 bits per heavy atom. The summed E-state index contributed by atoms with van der Waals surface area (Å²) in [5.41, 5.74) is 3.91. The Morgan fingerprint density at radius 2 is 1.73 bits per heavy atom. The number of nitrogens with one attached hydrogen (secondary N) is 1. The monoisotopic (exact) mass is 306 g/mol. The van der Waals surface area contributed by atoms with Gasteiger partial charge in [-0.25, -0.2) is 0 Å². The zero-order chi connectivity index (χ0) is 15.8. The zero-order valence-corrected chi connectivity index (χ0v) is 14.7. The van der Waals surface area contributed by atoms with Gasteiger partial charge in [0.2, 0.25) is 0 Å². The van der Waals surface area contributed by atoms with Crippen LogP contribution in [0.15, 0.2) is 12.1 Å². The molecule has 0 unspecified atom stereocenters. The summed E-state index contributed by atoms with van der Waals surface area (Å²) in [6.45, 7) is 14.0. The van der Waals surface area contributed by atoms with Crippen molar-refractivity contribution in [3.8, 4) is 5.75 Å². The summed E-state index contributed by atoms with van der Waals surface area (Å²) in [7, 11) is 0. The molecule has 1 fully saturated rings. The molecule has 0 spiro atoms. The number of hydrogen-bond acceptors (Lipinski definition) is 1. The van der Waals surface area contributed by atoms with Gasteiger partial charge in [0.05, 0.1) is 13.2 Å². The number of piperazine rings is 1. The van der Waals surface area contributed by atoms with E-state index >= 15 is 0 Å². The van der Waals surface area contributed by atoms with Crippen molar-refractivity contribution in [3.63, 3.8) is 0 Å². The molecule has 0 aromatic heterocycles. The van der Waals surface area contributed by atoms with E-state index in [0.717, 1.165) is 12.4 Å². The van der Waals surface area contributed by atoms with E-state index in [4.69, 9.17) is 4.74 Å². The van der Waals surface area contributed by atoms with Crippen molar-refractivity contribution >= 4 is 0 Å². The number of ether oxygens (including phenoxy) is 1. The number of rotatable bonds is 8. The predicted molar refractivity (Wildman–Crippen MR) is 91.8 cm³/mol. The highest BCUT2D eigenvalue weighted by molar-refractivity contribution is 5.41. The van der Waals surface area contributed by atoms with Crippen molar-refractivity contribution in [3.05, 3.63) is 28.8 Å². The second kappa shape index (κ2) is 9.16. The van der Waals surface area contributed by atoms with E-state index in [0.29, 0.717) is 0 Å². The maximum Gasteiger partial charge on any atom is 0.127 e. The topological polar surface area (TPSA) is 30.3 Å². The lowest BCUT2D eigenvalue weighted by atomic mass is 10.1. The predicted octanol–water partition coefficient (Wildman–Crippen LogP) is 1.01. The fourth-order valence-corrected chi connectivity index (χ4v) is 3.30. The van der Waals surface area contributed by atoms with E-state index in [1.54, 1.807) is 0 Å². The highest BCUT2D eigenvalue weighted by atomic mass is 16.5. The van der Waals surface area contributed by atoms with Gasteiger partial charge in [-0.3, -0.25) is 0 Å². The van der Waals surface area contributed by atoms with Gasteiger partial charge >= 0.3 is 0 Å². The number of hydrogen-bond donors (Lipinski definition) is 2. The van der Waals surface area contributed by atoms with Crippen molar-refractivity contribution in [2.24, 2.45) is 0 Å². The highest BCUT2D eigenvalue weighted by Crippen LogP contribution is 2.23.